The van der Waals surface area contributed by atoms with Crippen molar-refractivity contribution >= 4 is 12.2 Å². The van der Waals surface area contributed by atoms with Crippen LogP contribution in [0.4, 0.5) is 0 Å². The molecule has 26 heavy (non-hydrogen) atoms. The average molecular weight is 349 g/mol. The molecule has 2 aliphatic rings. The van der Waals surface area contributed by atoms with Gasteiger partial charge >= 0.3 is 0 Å². The highest BCUT2D eigenvalue weighted by Crippen LogP contribution is 2.40. The number of ether oxygens (including phenoxy) is 1. The molecule has 1 amide bonds. The molecule has 0 saturated carbocycles. The number of carbonyl (C=O) groups excluding carboxylic acids is 2. The second kappa shape index (κ2) is 6.94. The molecule has 0 aliphatic carbocycles. The van der Waals surface area contributed by atoms with E-state index < -0.39 is 5.41 Å². The van der Waals surface area contributed by atoms with Gasteiger partial charge in [-0.15, -0.1) is 0 Å². The monoisotopic (exact) mass is 349 g/mol. The van der Waals surface area contributed by atoms with Crippen LogP contribution in [0.3, 0.4) is 0 Å². The first kappa shape index (κ1) is 16.8. The van der Waals surface area contributed by atoms with Gasteiger partial charge in [-0.1, -0.05) is 36.4 Å². The van der Waals surface area contributed by atoms with E-state index in [1.807, 2.05) is 53.4 Å². The number of likely N-dealkylation sites (tertiary alicyclic amines) is 1. The predicted molar refractivity (Wildman–Crippen MR) is 99.6 cm³/mol. The van der Waals surface area contributed by atoms with Gasteiger partial charge < -0.3 is 14.4 Å². The summed E-state index contributed by atoms with van der Waals surface area (Å²) in [6.45, 7) is 1.97. The standard InChI is InChI=1S/C22H23NO3/c24-15-22(14-17-7-3-1-4-8-17)16-26-20-13-18(9-10-19(20)22)21(25)23-11-5-2-6-12-23/h1,3-4,7-10,13,15H,2,5-6,11-12,14,16H2/t22-/m1/s1. The summed E-state index contributed by atoms with van der Waals surface area (Å²) in [5.74, 6) is 0.721. The molecule has 134 valence electrons. The molecule has 0 N–H and O–H groups in total. The van der Waals surface area contributed by atoms with Crippen molar-refractivity contribution in [2.75, 3.05) is 19.7 Å². The molecule has 2 aliphatic heterocycles. The molecule has 4 nitrogen and oxygen atoms in total. The lowest BCUT2D eigenvalue weighted by Crippen LogP contribution is -2.35. The molecule has 2 aromatic rings. The van der Waals surface area contributed by atoms with Crippen molar-refractivity contribution in [1.82, 2.24) is 4.90 Å². The quantitative estimate of drug-likeness (QED) is 0.795. The second-order valence-electron chi connectivity index (χ2n) is 7.29. The van der Waals surface area contributed by atoms with Crippen LogP contribution in [0.15, 0.2) is 48.5 Å². The first-order valence-corrected chi connectivity index (χ1v) is 9.29. The molecule has 4 rings (SSSR count). The van der Waals surface area contributed by atoms with Gasteiger partial charge in [-0.25, -0.2) is 0 Å². The van der Waals surface area contributed by atoms with Gasteiger partial charge in [-0.3, -0.25) is 4.79 Å². The number of rotatable bonds is 4. The number of hydrogen-bond donors (Lipinski definition) is 0. The van der Waals surface area contributed by atoms with Crippen LogP contribution in [0.5, 0.6) is 5.75 Å². The summed E-state index contributed by atoms with van der Waals surface area (Å²) < 4.78 is 5.85. The van der Waals surface area contributed by atoms with Crippen LogP contribution in [0.2, 0.25) is 0 Å². The Hall–Kier alpha value is -2.62. The van der Waals surface area contributed by atoms with E-state index in [1.54, 1.807) is 0 Å². The number of benzene rings is 2. The number of aldehydes is 1. The normalized spacial score (nSPS) is 21.8. The molecule has 0 aromatic heterocycles. The lowest BCUT2D eigenvalue weighted by molar-refractivity contribution is -0.112. The maximum atomic E-state index is 12.7. The summed E-state index contributed by atoms with van der Waals surface area (Å²) in [6.07, 6.45) is 4.93. The van der Waals surface area contributed by atoms with E-state index in [9.17, 15) is 9.59 Å². The predicted octanol–water partition coefficient (Wildman–Crippen LogP) is 3.38. The highest BCUT2D eigenvalue weighted by molar-refractivity contribution is 5.95. The summed E-state index contributed by atoms with van der Waals surface area (Å²) in [6, 6.07) is 15.5. The van der Waals surface area contributed by atoms with Gasteiger partial charge in [-0.2, -0.15) is 0 Å². The van der Waals surface area contributed by atoms with E-state index in [2.05, 4.69) is 0 Å². The zero-order valence-electron chi connectivity index (χ0n) is 14.8. The van der Waals surface area contributed by atoms with E-state index in [0.717, 1.165) is 43.3 Å². The highest BCUT2D eigenvalue weighted by atomic mass is 16.5. The van der Waals surface area contributed by atoms with Gasteiger partial charge in [0.05, 0.1) is 5.41 Å². The molecular formula is C22H23NO3. The van der Waals surface area contributed by atoms with Gasteiger partial charge in [0.1, 0.15) is 18.6 Å². The average Bonchev–Trinajstić information content (AvgIpc) is 3.07. The molecule has 0 radical (unpaired) electrons. The van der Waals surface area contributed by atoms with Gasteiger partial charge in [0.25, 0.3) is 5.91 Å². The number of hydrogen-bond acceptors (Lipinski definition) is 3. The molecule has 4 heteroatoms. The maximum absolute atomic E-state index is 12.7. The lowest BCUT2D eigenvalue weighted by Gasteiger charge is -2.27. The van der Waals surface area contributed by atoms with Crippen LogP contribution < -0.4 is 4.74 Å². The molecular weight excluding hydrogens is 326 g/mol. The van der Waals surface area contributed by atoms with Crippen molar-refractivity contribution in [3.05, 3.63) is 65.2 Å². The van der Waals surface area contributed by atoms with Crippen molar-refractivity contribution in [3.63, 3.8) is 0 Å². The summed E-state index contributed by atoms with van der Waals surface area (Å²) in [5.41, 5.74) is 1.95. The molecule has 1 saturated heterocycles. The van der Waals surface area contributed by atoms with Crippen LogP contribution in [0.25, 0.3) is 0 Å². The van der Waals surface area contributed by atoms with Crippen molar-refractivity contribution < 1.29 is 14.3 Å². The first-order valence-electron chi connectivity index (χ1n) is 9.29. The Morgan fingerprint density at radius 2 is 1.85 bits per heavy atom. The Morgan fingerprint density at radius 1 is 1.08 bits per heavy atom. The van der Waals surface area contributed by atoms with Crippen LogP contribution in [-0.2, 0) is 16.6 Å². The number of fused-ring (bicyclic) bond motifs is 1. The fourth-order valence-corrected chi connectivity index (χ4v) is 4.00. The lowest BCUT2D eigenvalue weighted by atomic mass is 9.78. The smallest absolute Gasteiger partial charge is 0.253 e. The minimum Gasteiger partial charge on any atom is -0.492 e. The minimum absolute atomic E-state index is 0.0581. The molecule has 0 bridgehead atoms. The number of nitrogens with zero attached hydrogens (tertiary/aromatic N) is 1. The zero-order valence-corrected chi connectivity index (χ0v) is 14.8. The molecule has 0 spiro atoms. The van der Waals surface area contributed by atoms with E-state index in [1.165, 1.54) is 6.42 Å². The van der Waals surface area contributed by atoms with Gasteiger partial charge in [0.15, 0.2) is 0 Å². The third-order valence-electron chi connectivity index (χ3n) is 5.48. The summed E-state index contributed by atoms with van der Waals surface area (Å²) in [4.78, 5) is 26.6. The first-order chi connectivity index (χ1) is 12.7. The van der Waals surface area contributed by atoms with E-state index in [4.69, 9.17) is 4.74 Å². The fourth-order valence-electron chi connectivity index (χ4n) is 4.00. The molecule has 1 fully saturated rings. The Balaban J connectivity index is 1.61. The highest BCUT2D eigenvalue weighted by Gasteiger charge is 2.41. The Labute approximate surface area is 153 Å². The van der Waals surface area contributed by atoms with Crippen molar-refractivity contribution in [3.8, 4) is 5.75 Å². The van der Waals surface area contributed by atoms with Gasteiger partial charge in [0.2, 0.25) is 0 Å². The number of carbonyl (C=O) groups is 2. The summed E-state index contributed by atoms with van der Waals surface area (Å²) >= 11 is 0. The topological polar surface area (TPSA) is 46.6 Å². The Kier molecular flexibility index (Phi) is 4.49. The molecule has 1 atom stereocenters. The molecule has 2 heterocycles. The van der Waals surface area contributed by atoms with E-state index in [-0.39, 0.29) is 5.91 Å². The zero-order chi connectivity index (χ0) is 18.0. The van der Waals surface area contributed by atoms with Crippen LogP contribution >= 0.6 is 0 Å². The second-order valence-corrected chi connectivity index (χ2v) is 7.29. The summed E-state index contributed by atoms with van der Waals surface area (Å²) in [7, 11) is 0. The Bertz CT molecular complexity index is 811. The van der Waals surface area contributed by atoms with Gasteiger partial charge in [-0.05, 0) is 43.4 Å². The Morgan fingerprint density at radius 3 is 2.58 bits per heavy atom. The van der Waals surface area contributed by atoms with E-state index >= 15 is 0 Å². The SMILES string of the molecule is O=C[C@]1(Cc2ccccc2)COc2cc(C(=O)N3CCCCC3)ccc21. The van der Waals surface area contributed by atoms with Crippen LogP contribution in [-0.4, -0.2) is 36.8 Å². The summed E-state index contributed by atoms with van der Waals surface area (Å²) in [5, 5.41) is 0. The minimum atomic E-state index is -0.677. The third kappa shape index (κ3) is 3.00. The number of amides is 1. The van der Waals surface area contributed by atoms with E-state index in [0.29, 0.717) is 24.3 Å². The van der Waals surface area contributed by atoms with Crippen molar-refractivity contribution in [2.45, 2.75) is 31.1 Å². The molecule has 2 aromatic carbocycles. The largest absolute Gasteiger partial charge is 0.492 e. The third-order valence-corrected chi connectivity index (χ3v) is 5.48. The van der Waals surface area contributed by atoms with Crippen molar-refractivity contribution in [1.29, 1.82) is 0 Å². The van der Waals surface area contributed by atoms with Gasteiger partial charge in [0, 0.05) is 24.2 Å². The fraction of sp³-hybridized carbons (Fsp3) is 0.364. The number of piperidine rings is 1. The maximum Gasteiger partial charge on any atom is 0.253 e. The van der Waals surface area contributed by atoms with Crippen molar-refractivity contribution in [2.24, 2.45) is 0 Å². The van der Waals surface area contributed by atoms with Crippen LogP contribution in [0.1, 0.15) is 40.7 Å². The molecule has 0 unspecified atom stereocenters. The van der Waals surface area contributed by atoms with Crippen LogP contribution in [0, 0.1) is 0 Å².